The summed E-state index contributed by atoms with van der Waals surface area (Å²) >= 11 is 5.95. The third-order valence-electron chi connectivity index (χ3n) is 5.68. The lowest BCUT2D eigenvalue weighted by Crippen LogP contribution is -2.59. The fourth-order valence-electron chi connectivity index (χ4n) is 4.23. The van der Waals surface area contributed by atoms with E-state index in [4.69, 9.17) is 11.6 Å². The number of rotatable bonds is 5. The van der Waals surface area contributed by atoms with Gasteiger partial charge in [0.1, 0.15) is 5.82 Å². The number of anilines is 2. The van der Waals surface area contributed by atoms with E-state index >= 15 is 0 Å². The average molecular weight is 453 g/mol. The molecule has 1 saturated carbocycles. The Morgan fingerprint density at radius 3 is 2.12 bits per heavy atom. The molecule has 0 spiro atoms. The molecule has 32 heavy (non-hydrogen) atoms. The van der Waals surface area contributed by atoms with Crippen LogP contribution >= 0.6 is 11.6 Å². The lowest BCUT2D eigenvalue weighted by molar-refractivity contribution is -0.139. The Labute approximate surface area is 190 Å². The van der Waals surface area contributed by atoms with E-state index in [0.29, 0.717) is 22.0 Å². The van der Waals surface area contributed by atoms with Gasteiger partial charge in [-0.1, -0.05) is 29.8 Å². The molecular formula is C25H22ClFN2O3. The molecule has 0 aromatic heterocycles. The van der Waals surface area contributed by atoms with Crippen molar-refractivity contribution in [1.82, 2.24) is 0 Å². The topological polar surface area (TPSA) is 78.4 Å². The van der Waals surface area contributed by atoms with Crippen molar-refractivity contribution in [2.24, 2.45) is 0 Å². The molecule has 1 aliphatic rings. The second-order valence-electron chi connectivity index (χ2n) is 8.44. The fourth-order valence-corrected chi connectivity index (χ4v) is 4.42. The lowest BCUT2D eigenvalue weighted by atomic mass is 9.56. The van der Waals surface area contributed by atoms with Gasteiger partial charge in [0, 0.05) is 22.0 Å². The van der Waals surface area contributed by atoms with Gasteiger partial charge >= 0.3 is 0 Å². The van der Waals surface area contributed by atoms with Gasteiger partial charge < -0.3 is 15.7 Å². The highest BCUT2D eigenvalue weighted by Gasteiger charge is 2.56. The van der Waals surface area contributed by atoms with Gasteiger partial charge in [0.25, 0.3) is 5.91 Å². The molecule has 0 atom stereocenters. The molecule has 1 aliphatic carbocycles. The highest BCUT2D eigenvalue weighted by atomic mass is 35.5. The zero-order chi connectivity index (χ0) is 22.9. The molecule has 0 saturated heterocycles. The second-order valence-corrected chi connectivity index (χ2v) is 8.87. The number of benzene rings is 3. The molecule has 0 bridgehead atoms. The van der Waals surface area contributed by atoms with E-state index < -0.39 is 11.0 Å². The van der Waals surface area contributed by atoms with E-state index in [1.54, 1.807) is 55.5 Å². The summed E-state index contributed by atoms with van der Waals surface area (Å²) < 4.78 is 13.2. The van der Waals surface area contributed by atoms with Gasteiger partial charge in [0.05, 0.1) is 11.0 Å². The molecule has 3 N–H and O–H groups in total. The van der Waals surface area contributed by atoms with Crippen molar-refractivity contribution in [1.29, 1.82) is 0 Å². The minimum atomic E-state index is -0.959. The molecule has 4 rings (SSSR count). The van der Waals surface area contributed by atoms with Crippen molar-refractivity contribution in [3.05, 3.63) is 94.8 Å². The normalized spacial score (nSPS) is 22.0. The van der Waals surface area contributed by atoms with Crippen molar-refractivity contribution in [3.63, 3.8) is 0 Å². The monoisotopic (exact) mass is 452 g/mol. The van der Waals surface area contributed by atoms with Gasteiger partial charge in [-0.15, -0.1) is 0 Å². The predicted molar refractivity (Wildman–Crippen MR) is 122 cm³/mol. The van der Waals surface area contributed by atoms with E-state index in [1.165, 1.54) is 24.3 Å². The molecule has 164 valence electrons. The minimum absolute atomic E-state index is 0.251. The van der Waals surface area contributed by atoms with Crippen molar-refractivity contribution in [2.45, 2.75) is 30.8 Å². The summed E-state index contributed by atoms with van der Waals surface area (Å²) in [6.07, 6.45) is 0.502. The Morgan fingerprint density at radius 1 is 0.938 bits per heavy atom. The number of halogens is 2. The first-order chi connectivity index (χ1) is 15.2. The summed E-state index contributed by atoms with van der Waals surface area (Å²) in [7, 11) is 0. The van der Waals surface area contributed by atoms with Crippen LogP contribution in [0.5, 0.6) is 0 Å². The van der Waals surface area contributed by atoms with Gasteiger partial charge in [-0.2, -0.15) is 0 Å². The summed E-state index contributed by atoms with van der Waals surface area (Å²) in [6, 6.07) is 19.2. The van der Waals surface area contributed by atoms with Crippen LogP contribution in [0.25, 0.3) is 0 Å². The molecule has 3 aromatic carbocycles. The fraction of sp³-hybridized carbons (Fsp3) is 0.200. The van der Waals surface area contributed by atoms with Crippen LogP contribution in [-0.4, -0.2) is 22.5 Å². The summed E-state index contributed by atoms with van der Waals surface area (Å²) in [5.41, 5.74) is 0.329. The molecule has 3 aromatic rings. The van der Waals surface area contributed by atoms with Gasteiger partial charge in [-0.05, 0) is 79.9 Å². The van der Waals surface area contributed by atoms with Crippen molar-refractivity contribution >= 4 is 34.8 Å². The van der Waals surface area contributed by atoms with Gasteiger partial charge in [-0.3, -0.25) is 9.59 Å². The molecule has 2 amide bonds. The Morgan fingerprint density at radius 2 is 1.53 bits per heavy atom. The predicted octanol–water partition coefficient (Wildman–Crippen LogP) is 5.15. The van der Waals surface area contributed by atoms with Gasteiger partial charge in [0.15, 0.2) is 0 Å². The zero-order valence-corrected chi connectivity index (χ0v) is 18.1. The SMILES string of the molecule is C[C@]1(O)C[C@@](C(=O)Nc2ccc(F)cc2)(c2ccc(NC(=O)c3cccc(Cl)c3)cc2)C1. The van der Waals surface area contributed by atoms with Crippen LogP contribution in [0, 0.1) is 5.82 Å². The Bertz CT molecular complexity index is 1150. The van der Waals surface area contributed by atoms with Gasteiger partial charge in [0.2, 0.25) is 5.91 Å². The van der Waals surface area contributed by atoms with E-state index in [2.05, 4.69) is 10.6 Å². The molecule has 0 radical (unpaired) electrons. The molecule has 0 unspecified atom stereocenters. The maximum Gasteiger partial charge on any atom is 0.255 e. The smallest absolute Gasteiger partial charge is 0.255 e. The zero-order valence-electron chi connectivity index (χ0n) is 17.4. The Kier molecular flexibility index (Phi) is 5.75. The quantitative estimate of drug-likeness (QED) is 0.500. The molecule has 1 fully saturated rings. The van der Waals surface area contributed by atoms with Crippen molar-refractivity contribution in [2.75, 3.05) is 10.6 Å². The average Bonchev–Trinajstić information content (AvgIpc) is 2.74. The van der Waals surface area contributed by atoms with E-state index in [1.807, 2.05) is 0 Å². The number of amides is 2. The van der Waals surface area contributed by atoms with Gasteiger partial charge in [-0.25, -0.2) is 4.39 Å². The number of carbonyl (C=O) groups excluding carboxylic acids is 2. The van der Waals surface area contributed by atoms with Crippen LogP contribution in [-0.2, 0) is 10.2 Å². The number of aliphatic hydroxyl groups is 1. The summed E-state index contributed by atoms with van der Waals surface area (Å²) in [6.45, 7) is 1.69. The van der Waals surface area contributed by atoms with Crippen molar-refractivity contribution in [3.8, 4) is 0 Å². The maximum atomic E-state index is 13.2. The molecule has 5 nitrogen and oxygen atoms in total. The number of hydrogen-bond donors (Lipinski definition) is 3. The van der Waals surface area contributed by atoms with Crippen LogP contribution in [0.3, 0.4) is 0 Å². The van der Waals surface area contributed by atoms with Crippen LogP contribution in [0.1, 0.15) is 35.7 Å². The van der Waals surface area contributed by atoms with Crippen molar-refractivity contribution < 1.29 is 19.1 Å². The van der Waals surface area contributed by atoms with E-state index in [9.17, 15) is 19.1 Å². The van der Waals surface area contributed by atoms with E-state index in [0.717, 1.165) is 5.56 Å². The highest BCUT2D eigenvalue weighted by molar-refractivity contribution is 6.31. The Hall–Kier alpha value is -3.22. The minimum Gasteiger partial charge on any atom is -0.390 e. The number of hydrogen-bond acceptors (Lipinski definition) is 3. The van der Waals surface area contributed by atoms with E-state index in [-0.39, 0.29) is 30.5 Å². The largest absolute Gasteiger partial charge is 0.390 e. The lowest BCUT2D eigenvalue weighted by Gasteiger charge is -2.50. The third kappa shape index (κ3) is 4.52. The summed E-state index contributed by atoms with van der Waals surface area (Å²) in [5.74, 6) is -0.957. The standard InChI is InChI=1S/C25H22ClFN2O3/c1-24(32)14-25(15-24,23(31)29-21-11-7-19(27)8-12-21)17-5-9-20(10-6-17)28-22(30)16-3-2-4-18(26)13-16/h2-13,32H,14-15H2,1H3,(H,28,30)(H,29,31)/t24-,25-. The maximum absolute atomic E-state index is 13.2. The molecular weight excluding hydrogens is 431 g/mol. The number of nitrogens with one attached hydrogen (secondary N) is 2. The molecule has 7 heteroatoms. The first kappa shape index (κ1) is 22.0. The molecule has 0 heterocycles. The van der Waals surface area contributed by atoms with Crippen LogP contribution in [0.4, 0.5) is 15.8 Å². The van der Waals surface area contributed by atoms with Crippen LogP contribution < -0.4 is 10.6 Å². The number of carbonyl (C=O) groups is 2. The van der Waals surface area contributed by atoms with Crippen LogP contribution in [0.2, 0.25) is 5.02 Å². The molecule has 0 aliphatic heterocycles. The third-order valence-corrected chi connectivity index (χ3v) is 5.92. The van der Waals surface area contributed by atoms with Crippen LogP contribution in [0.15, 0.2) is 72.8 Å². The highest BCUT2D eigenvalue weighted by Crippen LogP contribution is 2.51. The summed E-state index contributed by atoms with van der Waals surface area (Å²) in [5, 5.41) is 16.5. The first-order valence-corrected chi connectivity index (χ1v) is 10.5. The summed E-state index contributed by atoms with van der Waals surface area (Å²) in [4.78, 5) is 25.6. The first-order valence-electron chi connectivity index (χ1n) is 10.1. The Balaban J connectivity index is 1.53. The second kappa shape index (κ2) is 8.37.